The zero-order valence-electron chi connectivity index (χ0n) is 18.9. The summed E-state index contributed by atoms with van der Waals surface area (Å²) in [6.45, 7) is 8.75. The molecule has 0 amide bonds. The van der Waals surface area contributed by atoms with Gasteiger partial charge in [0, 0.05) is 18.8 Å². The molecule has 0 aromatic carbocycles. The van der Waals surface area contributed by atoms with Crippen LogP contribution in [0.4, 0.5) is 4.39 Å². The molecule has 0 bridgehead atoms. The van der Waals surface area contributed by atoms with Gasteiger partial charge in [0.1, 0.15) is 0 Å². The van der Waals surface area contributed by atoms with Crippen LogP contribution in [0.25, 0.3) is 0 Å². The first kappa shape index (κ1) is 22.7. The highest BCUT2D eigenvalue weighted by Gasteiger charge is 2.61. The number of alkyl halides is 1. The lowest BCUT2D eigenvalue weighted by molar-refractivity contribution is -0.153. The van der Waals surface area contributed by atoms with Crippen molar-refractivity contribution in [1.29, 1.82) is 0 Å². The number of Topliss-reactive ketones (excluding diaryl/α,β-unsaturated/α-hetero) is 1. The Morgan fingerprint density at radius 2 is 1.66 bits per heavy atom. The van der Waals surface area contributed by atoms with E-state index in [1.807, 2.05) is 13.8 Å². The lowest BCUT2D eigenvalue weighted by Gasteiger charge is -2.60. The number of carbonyl (C=O) groups excluding carboxylic acids is 1. The third kappa shape index (κ3) is 3.78. The molecule has 8 unspecified atom stereocenters. The lowest BCUT2D eigenvalue weighted by atomic mass is 9.44. The fourth-order valence-electron chi connectivity index (χ4n) is 8.17. The zero-order valence-corrected chi connectivity index (χ0v) is 18.9. The Labute approximate surface area is 176 Å². The van der Waals surface area contributed by atoms with Crippen LogP contribution in [-0.2, 0) is 9.59 Å². The maximum atomic E-state index is 14.7. The molecule has 4 saturated carbocycles. The molecule has 8 atom stereocenters. The lowest BCUT2D eigenvalue weighted by Crippen LogP contribution is -2.56. The highest BCUT2D eigenvalue weighted by Crippen LogP contribution is 2.67. The van der Waals surface area contributed by atoms with Crippen LogP contribution < -0.4 is 0 Å². The molecule has 0 heterocycles. The van der Waals surface area contributed by atoms with E-state index in [9.17, 15) is 14.0 Å². The summed E-state index contributed by atoms with van der Waals surface area (Å²) in [5.41, 5.74) is 0.335. The molecular weight excluding hydrogens is 367 g/mol. The summed E-state index contributed by atoms with van der Waals surface area (Å²) >= 11 is 0. The summed E-state index contributed by atoms with van der Waals surface area (Å²) in [5.74, 6) is 1.70. The number of carbonyl (C=O) groups is 2. The predicted molar refractivity (Wildman–Crippen MR) is 113 cm³/mol. The zero-order chi connectivity index (χ0) is 21.4. The van der Waals surface area contributed by atoms with Crippen molar-refractivity contribution >= 4 is 11.8 Å². The minimum Gasteiger partial charge on any atom is -0.481 e. The Hall–Kier alpha value is -0.930. The van der Waals surface area contributed by atoms with Gasteiger partial charge in [-0.1, -0.05) is 27.7 Å². The van der Waals surface area contributed by atoms with Crippen molar-refractivity contribution in [1.82, 2.24) is 0 Å². The molecule has 0 aromatic rings. The molecule has 4 fully saturated rings. The van der Waals surface area contributed by atoms with Gasteiger partial charge in [0.15, 0.2) is 12.0 Å². The number of aliphatic carboxylic acids is 1. The molecular formula is C25H41FO3. The van der Waals surface area contributed by atoms with E-state index in [-0.39, 0.29) is 23.5 Å². The molecule has 0 radical (unpaired) electrons. The van der Waals surface area contributed by atoms with Crippen molar-refractivity contribution in [2.45, 2.75) is 104 Å². The van der Waals surface area contributed by atoms with Crippen molar-refractivity contribution in [3.63, 3.8) is 0 Å². The molecule has 4 aliphatic rings. The highest BCUT2D eigenvalue weighted by molar-refractivity contribution is 5.84. The van der Waals surface area contributed by atoms with Crippen LogP contribution in [0.15, 0.2) is 0 Å². The summed E-state index contributed by atoms with van der Waals surface area (Å²) < 4.78 is 14.7. The van der Waals surface area contributed by atoms with E-state index in [2.05, 4.69) is 13.8 Å². The van der Waals surface area contributed by atoms with Crippen LogP contribution in [0, 0.1) is 40.4 Å². The third-order valence-corrected chi connectivity index (χ3v) is 9.65. The molecule has 4 rings (SSSR count). The minimum absolute atomic E-state index is 0.00102. The molecule has 3 nitrogen and oxygen atoms in total. The van der Waals surface area contributed by atoms with E-state index >= 15 is 0 Å². The van der Waals surface area contributed by atoms with E-state index in [4.69, 9.17) is 5.11 Å². The highest BCUT2D eigenvalue weighted by atomic mass is 19.1. The van der Waals surface area contributed by atoms with Crippen LogP contribution in [-0.4, -0.2) is 23.0 Å². The second-order valence-corrected chi connectivity index (χ2v) is 10.5. The molecule has 4 heteroatoms. The second kappa shape index (κ2) is 8.67. The van der Waals surface area contributed by atoms with Gasteiger partial charge in [0.2, 0.25) is 0 Å². The second-order valence-electron chi connectivity index (χ2n) is 10.5. The summed E-state index contributed by atoms with van der Waals surface area (Å²) in [4.78, 5) is 22.8. The van der Waals surface area contributed by atoms with E-state index < -0.39 is 12.1 Å². The fraction of sp³-hybridized carbons (Fsp3) is 0.920. The number of carboxylic acids is 1. The predicted octanol–water partition coefficient (Wildman–Crippen LogP) is 6.44. The van der Waals surface area contributed by atoms with E-state index in [1.165, 1.54) is 25.7 Å². The number of ketones is 1. The first-order valence-corrected chi connectivity index (χ1v) is 12.2. The van der Waals surface area contributed by atoms with Gasteiger partial charge in [0.05, 0.1) is 0 Å². The number of carboxylic acid groups (broad SMARTS) is 1. The first-order valence-electron chi connectivity index (χ1n) is 12.2. The SMILES string of the molecule is CC.CC12CCC3C(CCC4C(F)C(=O)CCC43C)C1CCC2CCCC(=O)O. The summed E-state index contributed by atoms with van der Waals surface area (Å²) in [5, 5.41) is 8.96. The maximum Gasteiger partial charge on any atom is 0.303 e. The molecule has 1 N–H and O–H groups in total. The Morgan fingerprint density at radius 3 is 2.34 bits per heavy atom. The fourth-order valence-corrected chi connectivity index (χ4v) is 8.17. The number of fused-ring (bicyclic) bond motifs is 5. The topological polar surface area (TPSA) is 54.4 Å². The third-order valence-electron chi connectivity index (χ3n) is 9.65. The summed E-state index contributed by atoms with van der Waals surface area (Å²) in [6.07, 6.45) is 9.01. The largest absolute Gasteiger partial charge is 0.481 e. The van der Waals surface area contributed by atoms with Crippen molar-refractivity contribution in [3.8, 4) is 0 Å². The molecule has 0 spiro atoms. The van der Waals surface area contributed by atoms with Gasteiger partial charge < -0.3 is 5.11 Å². The van der Waals surface area contributed by atoms with Crippen molar-refractivity contribution in [3.05, 3.63) is 0 Å². The average molecular weight is 409 g/mol. The smallest absolute Gasteiger partial charge is 0.303 e. The van der Waals surface area contributed by atoms with Crippen molar-refractivity contribution < 1.29 is 19.1 Å². The van der Waals surface area contributed by atoms with Crippen LogP contribution in [0.1, 0.15) is 98.3 Å². The van der Waals surface area contributed by atoms with Gasteiger partial charge in [-0.15, -0.1) is 0 Å². The standard InChI is InChI=1S/C23H35FO3.C2H6/c1-22-12-10-17-15(16(22)8-6-14(22)4-3-5-20(26)27)7-9-18-21(24)19(25)11-13-23(17,18)2;1-2/h14-18,21H,3-13H2,1-2H3,(H,26,27);1-2H3. The Morgan fingerprint density at radius 1 is 1.00 bits per heavy atom. The van der Waals surface area contributed by atoms with Gasteiger partial charge in [0.25, 0.3) is 0 Å². The molecule has 0 aromatic heterocycles. The van der Waals surface area contributed by atoms with E-state index in [0.717, 1.165) is 32.1 Å². The van der Waals surface area contributed by atoms with Crippen LogP contribution in [0.5, 0.6) is 0 Å². The van der Waals surface area contributed by atoms with E-state index in [1.54, 1.807) is 0 Å². The molecule has 166 valence electrons. The quantitative estimate of drug-likeness (QED) is 0.582. The normalized spacial score (nSPS) is 46.0. The summed E-state index contributed by atoms with van der Waals surface area (Å²) in [6, 6.07) is 0. The van der Waals surface area contributed by atoms with Crippen LogP contribution >= 0.6 is 0 Å². The maximum absolute atomic E-state index is 14.7. The van der Waals surface area contributed by atoms with Crippen molar-refractivity contribution in [2.24, 2.45) is 40.4 Å². The van der Waals surface area contributed by atoms with Crippen molar-refractivity contribution in [2.75, 3.05) is 0 Å². The average Bonchev–Trinajstić information content (AvgIpc) is 3.03. The number of hydrogen-bond acceptors (Lipinski definition) is 2. The molecule has 29 heavy (non-hydrogen) atoms. The molecule has 0 saturated heterocycles. The van der Waals surface area contributed by atoms with Gasteiger partial charge in [-0.2, -0.15) is 0 Å². The van der Waals surface area contributed by atoms with E-state index in [0.29, 0.717) is 35.5 Å². The van der Waals surface area contributed by atoms with Gasteiger partial charge in [-0.25, -0.2) is 4.39 Å². The summed E-state index contributed by atoms with van der Waals surface area (Å²) in [7, 11) is 0. The number of hydrogen-bond donors (Lipinski definition) is 1. The molecule has 4 aliphatic carbocycles. The van der Waals surface area contributed by atoms with Crippen LogP contribution in [0.2, 0.25) is 0 Å². The van der Waals surface area contributed by atoms with Crippen LogP contribution in [0.3, 0.4) is 0 Å². The van der Waals surface area contributed by atoms with Gasteiger partial charge >= 0.3 is 5.97 Å². The van der Waals surface area contributed by atoms with Gasteiger partial charge in [-0.3, -0.25) is 9.59 Å². The number of halogens is 1. The van der Waals surface area contributed by atoms with Gasteiger partial charge in [-0.05, 0) is 92.3 Å². The monoisotopic (exact) mass is 408 g/mol. The molecule has 0 aliphatic heterocycles. The Balaban J connectivity index is 0.00000117. The Kier molecular flexibility index (Phi) is 6.80. The Bertz CT molecular complexity index is 619. The number of rotatable bonds is 4. The minimum atomic E-state index is -1.23. The first-order chi connectivity index (χ1) is 13.8.